The number of halogens is 2. The largest absolute Gasteiger partial charge is 0.347 e. The van der Waals surface area contributed by atoms with Crippen LogP contribution in [0.4, 0.5) is 8.78 Å². The number of benzene rings is 1. The predicted molar refractivity (Wildman–Crippen MR) is 66.3 cm³/mol. The lowest BCUT2D eigenvalue weighted by Crippen LogP contribution is -2.45. The number of carbonyl (C=O) groups excluding carboxylic acids is 1. The van der Waals surface area contributed by atoms with Crippen molar-refractivity contribution in [3.05, 3.63) is 34.9 Å². The topological polar surface area (TPSA) is 55.1 Å². The first-order valence-electron chi connectivity index (χ1n) is 5.75. The van der Waals surface area contributed by atoms with Crippen LogP contribution < -0.4 is 11.1 Å². The van der Waals surface area contributed by atoms with Gasteiger partial charge in [-0.2, -0.15) is 0 Å². The van der Waals surface area contributed by atoms with Crippen LogP contribution in [-0.4, -0.2) is 18.0 Å². The second-order valence-electron chi connectivity index (χ2n) is 4.93. The summed E-state index contributed by atoms with van der Waals surface area (Å²) in [6.45, 7) is 5.37. The van der Waals surface area contributed by atoms with Gasteiger partial charge < -0.3 is 11.1 Å². The van der Waals surface area contributed by atoms with Gasteiger partial charge in [-0.05, 0) is 45.4 Å². The average molecular weight is 256 g/mol. The van der Waals surface area contributed by atoms with Crippen molar-refractivity contribution in [1.29, 1.82) is 0 Å². The Kier molecular flexibility index (Phi) is 4.40. The lowest BCUT2D eigenvalue weighted by atomic mass is 9.99. The molecule has 0 aliphatic heterocycles. The molecule has 0 fully saturated rings. The monoisotopic (exact) mass is 256 g/mol. The zero-order valence-corrected chi connectivity index (χ0v) is 10.8. The van der Waals surface area contributed by atoms with E-state index in [1.807, 2.05) is 0 Å². The quantitative estimate of drug-likeness (QED) is 0.867. The summed E-state index contributed by atoms with van der Waals surface area (Å²) in [5.74, 6) is -2.44. The molecule has 0 bridgehead atoms. The molecular weight excluding hydrogens is 238 g/mol. The summed E-state index contributed by atoms with van der Waals surface area (Å²) in [7, 11) is 0. The molecule has 5 heteroatoms. The third kappa shape index (κ3) is 3.26. The van der Waals surface area contributed by atoms with Crippen LogP contribution >= 0.6 is 0 Å². The van der Waals surface area contributed by atoms with Gasteiger partial charge in [0.25, 0.3) is 5.91 Å². The number of rotatable bonds is 4. The summed E-state index contributed by atoms with van der Waals surface area (Å²) in [6.07, 6.45) is 0.522. The molecule has 3 N–H and O–H groups in total. The molecule has 1 aromatic rings. The van der Waals surface area contributed by atoms with Gasteiger partial charge in [-0.3, -0.25) is 4.79 Å². The highest BCUT2D eigenvalue weighted by molar-refractivity contribution is 5.95. The minimum atomic E-state index is -0.862. The van der Waals surface area contributed by atoms with E-state index in [4.69, 9.17) is 5.73 Å². The van der Waals surface area contributed by atoms with Crippen LogP contribution in [0.25, 0.3) is 0 Å². The van der Waals surface area contributed by atoms with Crippen molar-refractivity contribution in [2.75, 3.05) is 6.54 Å². The van der Waals surface area contributed by atoms with Gasteiger partial charge in [0.1, 0.15) is 17.2 Å². The zero-order valence-electron chi connectivity index (χ0n) is 10.8. The number of hydrogen-bond donors (Lipinski definition) is 2. The van der Waals surface area contributed by atoms with Gasteiger partial charge in [0.15, 0.2) is 0 Å². The van der Waals surface area contributed by atoms with Crippen molar-refractivity contribution < 1.29 is 13.6 Å². The summed E-state index contributed by atoms with van der Waals surface area (Å²) in [6, 6.07) is 2.38. The van der Waals surface area contributed by atoms with E-state index in [1.54, 1.807) is 13.8 Å². The summed E-state index contributed by atoms with van der Waals surface area (Å²) in [4.78, 5) is 11.9. The van der Waals surface area contributed by atoms with E-state index in [-0.39, 0.29) is 5.56 Å². The molecule has 3 nitrogen and oxygen atoms in total. The van der Waals surface area contributed by atoms with E-state index >= 15 is 0 Å². The Labute approximate surface area is 105 Å². The predicted octanol–water partition coefficient (Wildman–Crippen LogP) is 2.13. The Morgan fingerprint density at radius 1 is 1.39 bits per heavy atom. The van der Waals surface area contributed by atoms with Gasteiger partial charge in [-0.25, -0.2) is 8.78 Å². The van der Waals surface area contributed by atoms with Crippen molar-refractivity contribution in [3.63, 3.8) is 0 Å². The van der Waals surface area contributed by atoms with Crippen LogP contribution in [0.1, 0.15) is 36.2 Å². The fourth-order valence-electron chi connectivity index (χ4n) is 1.66. The molecule has 100 valence electrons. The van der Waals surface area contributed by atoms with Gasteiger partial charge in [-0.1, -0.05) is 6.07 Å². The molecule has 18 heavy (non-hydrogen) atoms. The van der Waals surface area contributed by atoms with Gasteiger partial charge in [0, 0.05) is 5.54 Å². The molecule has 0 heterocycles. The average Bonchev–Trinajstić information content (AvgIpc) is 2.23. The van der Waals surface area contributed by atoms with Crippen LogP contribution in [0.3, 0.4) is 0 Å². The summed E-state index contributed by atoms with van der Waals surface area (Å²) in [5.41, 5.74) is 4.50. The van der Waals surface area contributed by atoms with Gasteiger partial charge >= 0.3 is 0 Å². The lowest BCUT2D eigenvalue weighted by molar-refractivity contribution is 0.0901. The number of amides is 1. The lowest BCUT2D eigenvalue weighted by Gasteiger charge is -2.25. The Morgan fingerprint density at radius 3 is 2.56 bits per heavy atom. The van der Waals surface area contributed by atoms with Gasteiger partial charge in [0.2, 0.25) is 0 Å². The second-order valence-corrected chi connectivity index (χ2v) is 4.93. The summed E-state index contributed by atoms with van der Waals surface area (Å²) < 4.78 is 27.3. The van der Waals surface area contributed by atoms with E-state index in [9.17, 15) is 13.6 Å². The molecule has 0 saturated carbocycles. The molecule has 0 aromatic heterocycles. The minimum absolute atomic E-state index is 0.234. The molecule has 0 radical (unpaired) electrons. The molecule has 0 aliphatic carbocycles. The molecule has 0 spiro atoms. The molecular formula is C13H18F2N2O. The molecule has 0 atom stereocenters. The van der Waals surface area contributed by atoms with Crippen LogP contribution in [0.15, 0.2) is 12.1 Å². The van der Waals surface area contributed by atoms with E-state index in [2.05, 4.69) is 5.32 Å². The van der Waals surface area contributed by atoms with Crippen molar-refractivity contribution in [1.82, 2.24) is 5.32 Å². The van der Waals surface area contributed by atoms with Gasteiger partial charge in [-0.15, -0.1) is 0 Å². The first-order chi connectivity index (χ1) is 8.28. The third-order valence-electron chi connectivity index (χ3n) is 2.73. The maximum Gasteiger partial charge on any atom is 0.257 e. The van der Waals surface area contributed by atoms with Crippen LogP contribution in [0, 0.1) is 18.6 Å². The second kappa shape index (κ2) is 5.44. The Balaban J connectivity index is 3.02. The molecule has 1 aromatic carbocycles. The fraction of sp³-hybridized carbons (Fsp3) is 0.462. The van der Waals surface area contributed by atoms with Crippen LogP contribution in [0.2, 0.25) is 0 Å². The summed E-state index contributed by atoms with van der Waals surface area (Å²) in [5, 5.41) is 2.58. The zero-order chi connectivity index (χ0) is 13.9. The number of nitrogens with two attached hydrogens (primary N) is 1. The Bertz CT molecular complexity index is 459. The van der Waals surface area contributed by atoms with E-state index < -0.39 is 28.6 Å². The van der Waals surface area contributed by atoms with Crippen molar-refractivity contribution in [2.45, 2.75) is 32.7 Å². The SMILES string of the molecule is Cc1ccc(F)c(C(=O)NC(C)(C)CCN)c1F. The molecule has 1 rings (SSSR count). The highest BCUT2D eigenvalue weighted by atomic mass is 19.1. The van der Waals surface area contributed by atoms with Crippen LogP contribution in [0.5, 0.6) is 0 Å². The summed E-state index contributed by atoms with van der Waals surface area (Å²) >= 11 is 0. The fourth-order valence-corrected chi connectivity index (χ4v) is 1.66. The van der Waals surface area contributed by atoms with E-state index in [1.165, 1.54) is 13.0 Å². The Hall–Kier alpha value is -1.49. The van der Waals surface area contributed by atoms with E-state index in [0.29, 0.717) is 13.0 Å². The van der Waals surface area contributed by atoms with Crippen molar-refractivity contribution >= 4 is 5.91 Å². The molecule has 0 aliphatic rings. The molecule has 0 saturated heterocycles. The normalized spacial score (nSPS) is 11.4. The number of aryl methyl sites for hydroxylation is 1. The van der Waals surface area contributed by atoms with E-state index in [0.717, 1.165) is 6.07 Å². The number of nitrogens with one attached hydrogen (secondary N) is 1. The molecule has 0 unspecified atom stereocenters. The number of hydrogen-bond acceptors (Lipinski definition) is 2. The third-order valence-corrected chi connectivity index (χ3v) is 2.73. The first kappa shape index (κ1) is 14.6. The highest BCUT2D eigenvalue weighted by Crippen LogP contribution is 2.18. The smallest absolute Gasteiger partial charge is 0.257 e. The minimum Gasteiger partial charge on any atom is -0.347 e. The maximum atomic E-state index is 13.7. The molecule has 1 amide bonds. The van der Waals surface area contributed by atoms with Crippen LogP contribution in [-0.2, 0) is 0 Å². The highest BCUT2D eigenvalue weighted by Gasteiger charge is 2.25. The van der Waals surface area contributed by atoms with Crippen molar-refractivity contribution in [3.8, 4) is 0 Å². The maximum absolute atomic E-state index is 13.7. The van der Waals surface area contributed by atoms with Gasteiger partial charge in [0.05, 0.1) is 0 Å². The Morgan fingerprint density at radius 2 is 2.00 bits per heavy atom. The number of carbonyl (C=O) groups is 1. The standard InChI is InChI=1S/C13H18F2N2O/c1-8-4-5-9(14)10(11(8)15)12(18)17-13(2,3)6-7-16/h4-5H,6-7,16H2,1-3H3,(H,17,18). The van der Waals surface area contributed by atoms with Crippen molar-refractivity contribution in [2.24, 2.45) is 5.73 Å². The first-order valence-corrected chi connectivity index (χ1v) is 5.75.